The number of thiophene rings is 1. The summed E-state index contributed by atoms with van der Waals surface area (Å²) in [7, 11) is 1.71. The van der Waals surface area contributed by atoms with Crippen LogP contribution in [0.2, 0.25) is 0 Å². The molecule has 0 aliphatic heterocycles. The van der Waals surface area contributed by atoms with Gasteiger partial charge in [0.2, 0.25) is 0 Å². The fourth-order valence-corrected chi connectivity index (χ4v) is 2.95. The highest BCUT2D eigenvalue weighted by molar-refractivity contribution is 7.19. The highest BCUT2D eigenvalue weighted by atomic mass is 32.1. The van der Waals surface area contributed by atoms with Crippen LogP contribution in [0.15, 0.2) is 18.2 Å². The third-order valence-corrected chi connectivity index (χ3v) is 4.05. The summed E-state index contributed by atoms with van der Waals surface area (Å²) in [4.78, 5) is 1.42. The summed E-state index contributed by atoms with van der Waals surface area (Å²) in [5, 5.41) is 4.69. The third-order valence-electron chi connectivity index (χ3n) is 2.78. The Hall–Kier alpha value is -1.06. The molecule has 1 heterocycles. The number of hydrogen-bond donors (Lipinski definition) is 1. The van der Waals surface area contributed by atoms with E-state index in [4.69, 9.17) is 4.74 Å². The van der Waals surface area contributed by atoms with Crippen molar-refractivity contribution in [1.29, 1.82) is 0 Å². The Morgan fingerprint density at radius 2 is 2.19 bits per heavy atom. The van der Waals surface area contributed by atoms with E-state index < -0.39 is 0 Å². The summed E-state index contributed by atoms with van der Waals surface area (Å²) in [6.45, 7) is 6.29. The topological polar surface area (TPSA) is 21.3 Å². The van der Waals surface area contributed by atoms with Crippen molar-refractivity contribution in [3.05, 3.63) is 28.6 Å². The average molecular weight is 235 g/mol. The second-order valence-electron chi connectivity index (χ2n) is 3.79. The molecule has 1 aromatic carbocycles. The molecule has 0 saturated carbocycles. The SMILES string of the molecule is CCNCc1sc2ccc(OC)cc2c1C. The van der Waals surface area contributed by atoms with E-state index in [0.29, 0.717) is 0 Å². The average Bonchev–Trinajstić information content (AvgIpc) is 2.63. The van der Waals surface area contributed by atoms with E-state index in [0.717, 1.165) is 18.8 Å². The molecule has 86 valence electrons. The number of methoxy groups -OCH3 is 1. The molecule has 0 aliphatic rings. The van der Waals surface area contributed by atoms with Crippen LogP contribution in [-0.2, 0) is 6.54 Å². The molecule has 16 heavy (non-hydrogen) atoms. The van der Waals surface area contributed by atoms with Gasteiger partial charge in [0.05, 0.1) is 7.11 Å². The third kappa shape index (κ3) is 2.06. The molecule has 3 heteroatoms. The van der Waals surface area contributed by atoms with E-state index in [2.05, 4.69) is 31.3 Å². The lowest BCUT2D eigenvalue weighted by Gasteiger charge is -2.00. The van der Waals surface area contributed by atoms with Gasteiger partial charge in [0, 0.05) is 16.1 Å². The smallest absolute Gasteiger partial charge is 0.119 e. The summed E-state index contributed by atoms with van der Waals surface area (Å²) in [6, 6.07) is 6.28. The molecule has 0 amide bonds. The predicted octanol–water partition coefficient (Wildman–Crippen LogP) is 3.33. The van der Waals surface area contributed by atoms with Crippen molar-refractivity contribution in [2.75, 3.05) is 13.7 Å². The Labute approximate surface area is 100 Å². The lowest BCUT2D eigenvalue weighted by molar-refractivity contribution is 0.415. The lowest BCUT2D eigenvalue weighted by atomic mass is 10.1. The second kappa shape index (κ2) is 4.85. The molecule has 0 radical (unpaired) electrons. The first-order valence-electron chi connectivity index (χ1n) is 5.53. The zero-order valence-corrected chi connectivity index (χ0v) is 10.8. The van der Waals surface area contributed by atoms with Crippen molar-refractivity contribution in [1.82, 2.24) is 5.32 Å². The number of nitrogens with one attached hydrogen (secondary N) is 1. The first-order chi connectivity index (χ1) is 7.76. The second-order valence-corrected chi connectivity index (χ2v) is 4.93. The van der Waals surface area contributed by atoms with Crippen LogP contribution in [0.5, 0.6) is 5.75 Å². The van der Waals surface area contributed by atoms with Gasteiger partial charge in [-0.3, -0.25) is 0 Å². The van der Waals surface area contributed by atoms with E-state index in [1.165, 1.54) is 20.5 Å². The Morgan fingerprint density at radius 1 is 1.38 bits per heavy atom. The number of benzene rings is 1. The monoisotopic (exact) mass is 235 g/mol. The molecule has 0 fully saturated rings. The minimum atomic E-state index is 0.934. The maximum absolute atomic E-state index is 5.26. The molecule has 0 unspecified atom stereocenters. The van der Waals surface area contributed by atoms with Crippen molar-refractivity contribution < 1.29 is 4.74 Å². The standard InChI is InChI=1S/C13H17NOS/c1-4-14-8-13-9(2)11-7-10(15-3)5-6-12(11)16-13/h5-7,14H,4,8H2,1-3H3. The van der Waals surface area contributed by atoms with Gasteiger partial charge in [-0.2, -0.15) is 0 Å². The Kier molecular flexibility index (Phi) is 3.46. The number of rotatable bonds is 4. The van der Waals surface area contributed by atoms with Crippen molar-refractivity contribution >= 4 is 21.4 Å². The van der Waals surface area contributed by atoms with Crippen molar-refractivity contribution in [3.63, 3.8) is 0 Å². The van der Waals surface area contributed by atoms with Crippen LogP contribution in [0.3, 0.4) is 0 Å². The summed E-state index contributed by atoms with van der Waals surface area (Å²) in [5.41, 5.74) is 1.37. The van der Waals surface area contributed by atoms with Crippen LogP contribution in [-0.4, -0.2) is 13.7 Å². The van der Waals surface area contributed by atoms with Gasteiger partial charge in [-0.15, -0.1) is 11.3 Å². The van der Waals surface area contributed by atoms with E-state index in [1.54, 1.807) is 7.11 Å². The molecule has 0 saturated heterocycles. The number of fused-ring (bicyclic) bond motifs is 1. The highest BCUT2D eigenvalue weighted by Gasteiger charge is 2.08. The van der Waals surface area contributed by atoms with Gasteiger partial charge < -0.3 is 10.1 Å². The summed E-state index contributed by atoms with van der Waals surface area (Å²) in [6.07, 6.45) is 0. The molecule has 1 N–H and O–H groups in total. The van der Waals surface area contributed by atoms with Crippen molar-refractivity contribution in [2.45, 2.75) is 20.4 Å². The lowest BCUT2D eigenvalue weighted by Crippen LogP contribution is -2.11. The van der Waals surface area contributed by atoms with Crippen molar-refractivity contribution in [3.8, 4) is 5.75 Å². The zero-order chi connectivity index (χ0) is 11.5. The van der Waals surface area contributed by atoms with Crippen LogP contribution in [0, 0.1) is 6.92 Å². The fourth-order valence-electron chi connectivity index (χ4n) is 1.78. The summed E-state index contributed by atoms with van der Waals surface area (Å²) < 4.78 is 6.60. The van der Waals surface area contributed by atoms with E-state index >= 15 is 0 Å². The quantitative estimate of drug-likeness (QED) is 0.877. The molecule has 0 bridgehead atoms. The van der Waals surface area contributed by atoms with Crippen LogP contribution in [0.4, 0.5) is 0 Å². The van der Waals surface area contributed by atoms with Crippen LogP contribution < -0.4 is 10.1 Å². The fraction of sp³-hybridized carbons (Fsp3) is 0.385. The minimum Gasteiger partial charge on any atom is -0.497 e. The molecule has 2 nitrogen and oxygen atoms in total. The maximum atomic E-state index is 5.26. The molecule has 0 spiro atoms. The Morgan fingerprint density at radius 3 is 2.88 bits per heavy atom. The van der Waals surface area contributed by atoms with Gasteiger partial charge in [0.25, 0.3) is 0 Å². The maximum Gasteiger partial charge on any atom is 0.119 e. The van der Waals surface area contributed by atoms with E-state index in [-0.39, 0.29) is 0 Å². The van der Waals surface area contributed by atoms with E-state index in [1.807, 2.05) is 17.4 Å². The van der Waals surface area contributed by atoms with Gasteiger partial charge in [-0.05, 0) is 42.6 Å². The highest BCUT2D eigenvalue weighted by Crippen LogP contribution is 2.33. The number of aryl methyl sites for hydroxylation is 1. The Balaban J connectivity index is 2.42. The predicted molar refractivity (Wildman–Crippen MR) is 70.5 cm³/mol. The normalized spacial score (nSPS) is 10.9. The van der Waals surface area contributed by atoms with Gasteiger partial charge in [0.15, 0.2) is 0 Å². The largest absolute Gasteiger partial charge is 0.497 e. The van der Waals surface area contributed by atoms with Gasteiger partial charge >= 0.3 is 0 Å². The number of hydrogen-bond acceptors (Lipinski definition) is 3. The molecular formula is C13H17NOS. The summed E-state index contributed by atoms with van der Waals surface area (Å²) in [5.74, 6) is 0.934. The number of ether oxygens (including phenoxy) is 1. The Bertz CT molecular complexity index is 490. The molecule has 1 aromatic heterocycles. The van der Waals surface area contributed by atoms with Gasteiger partial charge in [0.1, 0.15) is 5.75 Å². The molecular weight excluding hydrogens is 218 g/mol. The molecule has 0 atom stereocenters. The minimum absolute atomic E-state index is 0.934. The first kappa shape index (κ1) is 11.4. The van der Waals surface area contributed by atoms with Gasteiger partial charge in [-0.1, -0.05) is 6.92 Å². The summed E-state index contributed by atoms with van der Waals surface area (Å²) >= 11 is 1.86. The first-order valence-corrected chi connectivity index (χ1v) is 6.34. The van der Waals surface area contributed by atoms with Gasteiger partial charge in [-0.25, -0.2) is 0 Å². The molecule has 2 rings (SSSR count). The van der Waals surface area contributed by atoms with E-state index in [9.17, 15) is 0 Å². The zero-order valence-electron chi connectivity index (χ0n) is 9.96. The molecule has 0 aliphatic carbocycles. The van der Waals surface area contributed by atoms with Crippen LogP contribution >= 0.6 is 11.3 Å². The van der Waals surface area contributed by atoms with Crippen molar-refractivity contribution in [2.24, 2.45) is 0 Å². The van der Waals surface area contributed by atoms with Crippen LogP contribution in [0.25, 0.3) is 10.1 Å². The van der Waals surface area contributed by atoms with Crippen LogP contribution in [0.1, 0.15) is 17.4 Å². The molecule has 2 aromatic rings.